The summed E-state index contributed by atoms with van der Waals surface area (Å²) in [5, 5.41) is 7.46. The van der Waals surface area contributed by atoms with E-state index in [-0.39, 0.29) is 0 Å². The third kappa shape index (κ3) is 6.27. The van der Waals surface area contributed by atoms with E-state index in [1.807, 2.05) is 0 Å². The SMILES string of the molecule is Cc1cccc(C)c1-c1ccc2c(c1)c1cc(-c3ccc4c(c3)c3cc(-c5c(C)cccc5C)ccc3n4-c3c(C)cccc3C)ccc1n2-c1ccc2c(c1)c1ccccc1n2-c1ccccc1. The molecule has 0 N–H and O–H groups in total. The Balaban J connectivity index is 1.05. The smallest absolute Gasteiger partial charge is 0.0542 e. The van der Waals surface area contributed by atoms with Gasteiger partial charge in [-0.05, 0) is 193 Å². The lowest BCUT2D eigenvalue weighted by molar-refractivity contribution is 1.12. The van der Waals surface area contributed by atoms with E-state index in [0.717, 1.165) is 11.4 Å². The Morgan fingerprint density at radius 1 is 0.232 bits per heavy atom. The van der Waals surface area contributed by atoms with Gasteiger partial charge in [0, 0.05) is 43.7 Å². The van der Waals surface area contributed by atoms with Crippen molar-refractivity contribution in [3.63, 3.8) is 0 Å². The summed E-state index contributed by atoms with van der Waals surface area (Å²) in [6.45, 7) is 13.4. The van der Waals surface area contributed by atoms with Crippen molar-refractivity contribution >= 4 is 65.4 Å². The van der Waals surface area contributed by atoms with Crippen LogP contribution in [0.3, 0.4) is 0 Å². The zero-order valence-corrected chi connectivity index (χ0v) is 39.9. The van der Waals surface area contributed by atoms with Gasteiger partial charge < -0.3 is 13.7 Å². The molecule has 0 fully saturated rings. The summed E-state index contributed by atoms with van der Waals surface area (Å²) in [7, 11) is 0. The second-order valence-electron chi connectivity index (χ2n) is 19.3. The average Bonchev–Trinajstić information content (AvgIpc) is 3.98. The Bertz CT molecular complexity index is 4190. The first-order valence-electron chi connectivity index (χ1n) is 24.2. The zero-order chi connectivity index (χ0) is 46.7. The molecule has 3 aromatic heterocycles. The first-order valence-corrected chi connectivity index (χ1v) is 24.2. The number of aryl methyl sites for hydroxylation is 6. The summed E-state index contributed by atoms with van der Waals surface area (Å²) in [5.41, 5.74) is 25.9. The van der Waals surface area contributed by atoms with Crippen LogP contribution in [0.2, 0.25) is 0 Å². The van der Waals surface area contributed by atoms with Crippen molar-refractivity contribution in [2.24, 2.45) is 0 Å². The molecule has 0 saturated heterocycles. The second-order valence-corrected chi connectivity index (χ2v) is 19.3. The average molecular weight is 886 g/mol. The third-order valence-electron chi connectivity index (χ3n) is 15.0. The minimum absolute atomic E-state index is 1.14. The van der Waals surface area contributed by atoms with Crippen LogP contribution < -0.4 is 0 Å². The van der Waals surface area contributed by atoms with Crippen LogP contribution in [-0.2, 0) is 0 Å². The van der Waals surface area contributed by atoms with Gasteiger partial charge in [-0.2, -0.15) is 0 Å². The van der Waals surface area contributed by atoms with Gasteiger partial charge in [-0.15, -0.1) is 0 Å². The first kappa shape index (κ1) is 40.8. The maximum absolute atomic E-state index is 2.49. The molecule has 13 rings (SSSR count). The van der Waals surface area contributed by atoms with Crippen molar-refractivity contribution in [3.8, 4) is 50.4 Å². The number of benzene rings is 10. The van der Waals surface area contributed by atoms with E-state index in [9.17, 15) is 0 Å². The maximum Gasteiger partial charge on any atom is 0.0542 e. The molecular weight excluding hydrogens is 835 g/mol. The highest BCUT2D eigenvalue weighted by Gasteiger charge is 2.21. The Morgan fingerprint density at radius 3 is 1.10 bits per heavy atom. The number of hydrogen-bond donors (Lipinski definition) is 0. The normalized spacial score (nSPS) is 11.9. The van der Waals surface area contributed by atoms with Crippen molar-refractivity contribution in [2.75, 3.05) is 0 Å². The highest BCUT2D eigenvalue weighted by atomic mass is 15.0. The van der Waals surface area contributed by atoms with Gasteiger partial charge >= 0.3 is 0 Å². The molecule has 0 aliphatic rings. The molecule has 0 atom stereocenters. The number of aromatic nitrogens is 3. The molecule has 0 aliphatic heterocycles. The first-order chi connectivity index (χ1) is 33.7. The van der Waals surface area contributed by atoms with Gasteiger partial charge in [0.25, 0.3) is 0 Å². The quantitative estimate of drug-likeness (QED) is 0.158. The third-order valence-corrected chi connectivity index (χ3v) is 15.0. The molecule has 0 amide bonds. The summed E-state index contributed by atoms with van der Waals surface area (Å²) >= 11 is 0. The van der Waals surface area contributed by atoms with Crippen LogP contribution in [0.15, 0.2) is 200 Å². The van der Waals surface area contributed by atoms with E-state index in [4.69, 9.17) is 0 Å². The molecule has 330 valence electrons. The van der Waals surface area contributed by atoms with Crippen LogP contribution in [0.25, 0.3) is 116 Å². The summed E-state index contributed by atoms with van der Waals surface area (Å²) in [4.78, 5) is 0. The molecule has 13 aromatic rings. The topological polar surface area (TPSA) is 14.8 Å². The van der Waals surface area contributed by atoms with Crippen molar-refractivity contribution in [1.82, 2.24) is 13.7 Å². The summed E-state index contributed by atoms with van der Waals surface area (Å²) < 4.78 is 7.37. The zero-order valence-electron chi connectivity index (χ0n) is 39.9. The Labute approximate surface area is 402 Å². The summed E-state index contributed by atoms with van der Waals surface area (Å²) in [6.07, 6.45) is 0. The maximum atomic E-state index is 2.49. The fourth-order valence-electron chi connectivity index (χ4n) is 11.9. The van der Waals surface area contributed by atoms with Gasteiger partial charge in [-0.1, -0.05) is 115 Å². The van der Waals surface area contributed by atoms with E-state index in [0.29, 0.717) is 0 Å². The Kier molecular flexibility index (Phi) is 9.22. The number of para-hydroxylation sites is 3. The molecule has 0 aliphatic carbocycles. The number of fused-ring (bicyclic) bond motifs is 9. The van der Waals surface area contributed by atoms with Gasteiger partial charge in [-0.25, -0.2) is 0 Å². The van der Waals surface area contributed by atoms with Gasteiger partial charge in [0.05, 0.1) is 38.8 Å². The molecule has 0 saturated carbocycles. The monoisotopic (exact) mass is 885 g/mol. The summed E-state index contributed by atoms with van der Waals surface area (Å²) in [5.74, 6) is 0. The van der Waals surface area contributed by atoms with E-state index < -0.39 is 0 Å². The molecule has 0 radical (unpaired) electrons. The lowest BCUT2D eigenvalue weighted by Crippen LogP contribution is -2.00. The second kappa shape index (κ2) is 15.6. The molecule has 3 nitrogen and oxygen atoms in total. The molecular formula is C66H51N3. The van der Waals surface area contributed by atoms with Crippen LogP contribution in [0.4, 0.5) is 0 Å². The van der Waals surface area contributed by atoms with Gasteiger partial charge in [-0.3, -0.25) is 0 Å². The van der Waals surface area contributed by atoms with Crippen LogP contribution >= 0.6 is 0 Å². The highest BCUT2D eigenvalue weighted by Crippen LogP contribution is 2.43. The lowest BCUT2D eigenvalue weighted by atomic mass is 9.94. The van der Waals surface area contributed by atoms with Crippen molar-refractivity contribution < 1.29 is 0 Å². The number of nitrogens with zero attached hydrogens (tertiary/aromatic N) is 3. The van der Waals surface area contributed by atoms with E-state index in [1.54, 1.807) is 0 Å². The minimum atomic E-state index is 1.14. The Morgan fingerprint density at radius 2 is 0.594 bits per heavy atom. The Hall–Kier alpha value is -8.40. The van der Waals surface area contributed by atoms with Gasteiger partial charge in [0.15, 0.2) is 0 Å². The van der Waals surface area contributed by atoms with Gasteiger partial charge in [0.1, 0.15) is 0 Å². The lowest BCUT2D eigenvalue weighted by Gasteiger charge is -2.15. The molecule has 3 heterocycles. The number of hydrogen-bond acceptors (Lipinski definition) is 0. The van der Waals surface area contributed by atoms with Crippen LogP contribution in [0.5, 0.6) is 0 Å². The molecule has 0 spiro atoms. The van der Waals surface area contributed by atoms with E-state index in [2.05, 4.69) is 255 Å². The van der Waals surface area contributed by atoms with E-state index >= 15 is 0 Å². The molecule has 10 aromatic carbocycles. The predicted octanol–water partition coefficient (Wildman–Crippen LogP) is 17.8. The molecule has 3 heteroatoms. The van der Waals surface area contributed by atoms with Crippen molar-refractivity contribution in [1.29, 1.82) is 0 Å². The fourth-order valence-corrected chi connectivity index (χ4v) is 11.9. The van der Waals surface area contributed by atoms with E-state index in [1.165, 1.54) is 138 Å². The standard InChI is InChI=1S/C66H51N3/c1-40-15-12-16-41(2)64(40)48-27-32-60-55(37-48)53-35-46(25-30-59(53)68(60)51-29-34-61-57(39-51)52-23-10-11-24-58(52)67(61)50-21-8-7-9-22-50)47-26-31-62-54(36-47)56-38-49(65-42(3)17-13-18-43(65)4)28-33-63(56)69(62)66-44(5)19-14-20-45(66)6/h7-39H,1-6H3. The van der Waals surface area contributed by atoms with Crippen molar-refractivity contribution in [2.45, 2.75) is 41.5 Å². The minimum Gasteiger partial charge on any atom is -0.309 e. The largest absolute Gasteiger partial charge is 0.309 e. The molecule has 0 unspecified atom stereocenters. The fraction of sp³-hybridized carbons (Fsp3) is 0.0909. The molecule has 0 bridgehead atoms. The molecule has 69 heavy (non-hydrogen) atoms. The summed E-state index contributed by atoms with van der Waals surface area (Å²) in [6, 6.07) is 74.8. The van der Waals surface area contributed by atoms with Crippen LogP contribution in [0.1, 0.15) is 33.4 Å². The van der Waals surface area contributed by atoms with Gasteiger partial charge in [0.2, 0.25) is 0 Å². The number of rotatable bonds is 6. The van der Waals surface area contributed by atoms with Crippen molar-refractivity contribution in [3.05, 3.63) is 234 Å². The highest BCUT2D eigenvalue weighted by molar-refractivity contribution is 6.15. The predicted molar refractivity (Wildman–Crippen MR) is 294 cm³/mol. The van der Waals surface area contributed by atoms with Crippen LogP contribution in [-0.4, -0.2) is 13.7 Å². The van der Waals surface area contributed by atoms with Crippen LogP contribution in [0, 0.1) is 41.5 Å².